The van der Waals surface area contributed by atoms with E-state index in [9.17, 15) is 10.2 Å². The number of nitrogens with one attached hydrogen (secondary N) is 1. The highest BCUT2D eigenvalue weighted by molar-refractivity contribution is 5.17. The van der Waals surface area contributed by atoms with E-state index in [-0.39, 0.29) is 6.04 Å². The average molecular weight is 223 g/mol. The molecule has 0 saturated carbocycles. The molecule has 16 heavy (non-hydrogen) atoms. The fourth-order valence-electron chi connectivity index (χ4n) is 1.33. The van der Waals surface area contributed by atoms with Gasteiger partial charge in [-0.2, -0.15) is 0 Å². The maximum absolute atomic E-state index is 9.89. The van der Waals surface area contributed by atoms with Gasteiger partial charge in [-0.3, -0.25) is 0 Å². The quantitative estimate of drug-likeness (QED) is 0.708. The molecule has 0 bridgehead atoms. The smallest absolute Gasteiger partial charge is 0.0914 e. The summed E-state index contributed by atoms with van der Waals surface area (Å²) >= 11 is 0. The molecule has 90 valence electrons. The summed E-state index contributed by atoms with van der Waals surface area (Å²) in [5.41, 5.74) is 0.106. The molecule has 0 aliphatic carbocycles. The Balaban J connectivity index is 2.45. The molecular formula is C13H21NO2. The van der Waals surface area contributed by atoms with E-state index in [1.807, 2.05) is 37.3 Å². The highest BCUT2D eigenvalue weighted by atomic mass is 16.3. The monoisotopic (exact) mass is 223 g/mol. The van der Waals surface area contributed by atoms with Crippen LogP contribution >= 0.6 is 0 Å². The Morgan fingerprint density at radius 2 is 1.81 bits per heavy atom. The molecule has 0 heterocycles. The molecule has 3 nitrogen and oxygen atoms in total. The standard InChI is InChI=1S/C13H21NO2/c1-10(13(2,3)16)14-9-12(15)11-7-5-4-6-8-11/h4-8,10,12,14-16H,9H2,1-3H3. The van der Waals surface area contributed by atoms with Gasteiger partial charge in [0.25, 0.3) is 0 Å². The van der Waals surface area contributed by atoms with Gasteiger partial charge >= 0.3 is 0 Å². The largest absolute Gasteiger partial charge is 0.389 e. The first-order valence-electron chi connectivity index (χ1n) is 5.60. The first-order chi connectivity index (χ1) is 7.41. The lowest BCUT2D eigenvalue weighted by Gasteiger charge is -2.27. The third kappa shape index (κ3) is 3.93. The van der Waals surface area contributed by atoms with E-state index in [1.54, 1.807) is 13.8 Å². The van der Waals surface area contributed by atoms with Crippen molar-refractivity contribution in [3.63, 3.8) is 0 Å². The minimum atomic E-state index is -0.781. The van der Waals surface area contributed by atoms with E-state index in [1.165, 1.54) is 0 Å². The summed E-state index contributed by atoms with van der Waals surface area (Å²) in [4.78, 5) is 0. The number of hydrogen-bond donors (Lipinski definition) is 3. The maximum atomic E-state index is 9.89. The van der Waals surface area contributed by atoms with Crippen molar-refractivity contribution >= 4 is 0 Å². The summed E-state index contributed by atoms with van der Waals surface area (Å²) in [6.45, 7) is 5.84. The van der Waals surface area contributed by atoms with Gasteiger partial charge in [0.15, 0.2) is 0 Å². The Bertz CT molecular complexity index is 305. The molecule has 1 aromatic rings. The van der Waals surface area contributed by atoms with Crippen LogP contribution in [0.4, 0.5) is 0 Å². The van der Waals surface area contributed by atoms with Crippen LogP contribution < -0.4 is 5.32 Å². The van der Waals surface area contributed by atoms with Crippen molar-refractivity contribution in [2.75, 3.05) is 6.54 Å². The van der Waals surface area contributed by atoms with Crippen LogP contribution in [0.1, 0.15) is 32.4 Å². The molecule has 3 N–H and O–H groups in total. The van der Waals surface area contributed by atoms with Crippen LogP contribution in [-0.4, -0.2) is 28.4 Å². The van der Waals surface area contributed by atoms with Crippen LogP contribution in [0.25, 0.3) is 0 Å². The number of hydrogen-bond acceptors (Lipinski definition) is 3. The third-order valence-electron chi connectivity index (χ3n) is 2.86. The number of benzene rings is 1. The molecule has 0 spiro atoms. The highest BCUT2D eigenvalue weighted by Crippen LogP contribution is 2.13. The van der Waals surface area contributed by atoms with Crippen molar-refractivity contribution in [2.45, 2.75) is 38.5 Å². The summed E-state index contributed by atoms with van der Waals surface area (Å²) in [5, 5.41) is 22.7. The van der Waals surface area contributed by atoms with Crippen molar-refractivity contribution < 1.29 is 10.2 Å². The second-order valence-corrected chi connectivity index (χ2v) is 4.71. The zero-order chi connectivity index (χ0) is 12.2. The van der Waals surface area contributed by atoms with E-state index in [4.69, 9.17) is 0 Å². The summed E-state index contributed by atoms with van der Waals surface area (Å²) in [6, 6.07) is 9.44. The number of rotatable bonds is 5. The zero-order valence-corrected chi connectivity index (χ0v) is 10.1. The molecule has 0 aromatic heterocycles. The van der Waals surface area contributed by atoms with Crippen molar-refractivity contribution in [1.29, 1.82) is 0 Å². The number of aliphatic hydroxyl groups excluding tert-OH is 1. The van der Waals surface area contributed by atoms with Gasteiger partial charge in [-0.1, -0.05) is 30.3 Å². The van der Waals surface area contributed by atoms with Gasteiger partial charge in [0, 0.05) is 12.6 Å². The van der Waals surface area contributed by atoms with E-state index in [2.05, 4.69) is 5.32 Å². The van der Waals surface area contributed by atoms with E-state index in [0.29, 0.717) is 6.54 Å². The molecule has 0 radical (unpaired) electrons. The Kier molecular flexibility index (Phi) is 4.47. The first kappa shape index (κ1) is 13.2. The topological polar surface area (TPSA) is 52.5 Å². The minimum Gasteiger partial charge on any atom is -0.389 e. The molecule has 0 fully saturated rings. The molecule has 0 saturated heterocycles. The lowest BCUT2D eigenvalue weighted by molar-refractivity contribution is 0.0385. The second kappa shape index (κ2) is 5.43. The fourth-order valence-corrected chi connectivity index (χ4v) is 1.33. The predicted molar refractivity (Wildman–Crippen MR) is 65.2 cm³/mol. The van der Waals surface area contributed by atoms with Crippen LogP contribution in [0.15, 0.2) is 30.3 Å². The summed E-state index contributed by atoms with van der Waals surface area (Å²) in [6.07, 6.45) is -0.536. The predicted octanol–water partition coefficient (Wildman–Crippen LogP) is 1.47. The molecule has 2 atom stereocenters. The SMILES string of the molecule is CC(NCC(O)c1ccccc1)C(C)(C)O. The Morgan fingerprint density at radius 1 is 1.25 bits per heavy atom. The molecule has 1 aromatic carbocycles. The van der Waals surface area contributed by atoms with Gasteiger partial charge < -0.3 is 15.5 Å². The van der Waals surface area contributed by atoms with Gasteiger partial charge in [0.2, 0.25) is 0 Å². The highest BCUT2D eigenvalue weighted by Gasteiger charge is 2.22. The lowest BCUT2D eigenvalue weighted by atomic mass is 10.0. The normalized spacial score (nSPS) is 15.8. The van der Waals surface area contributed by atoms with E-state index in [0.717, 1.165) is 5.56 Å². The Morgan fingerprint density at radius 3 is 2.31 bits per heavy atom. The summed E-state index contributed by atoms with van der Waals surface area (Å²) in [7, 11) is 0. The van der Waals surface area contributed by atoms with Crippen LogP contribution in [0.2, 0.25) is 0 Å². The van der Waals surface area contributed by atoms with Gasteiger partial charge in [0.05, 0.1) is 11.7 Å². The van der Waals surface area contributed by atoms with Crippen molar-refractivity contribution in [2.24, 2.45) is 0 Å². The average Bonchev–Trinajstić information content (AvgIpc) is 2.25. The van der Waals surface area contributed by atoms with Crippen molar-refractivity contribution in [1.82, 2.24) is 5.32 Å². The second-order valence-electron chi connectivity index (χ2n) is 4.71. The van der Waals surface area contributed by atoms with Crippen LogP contribution in [-0.2, 0) is 0 Å². The molecule has 0 aliphatic rings. The molecular weight excluding hydrogens is 202 g/mol. The molecule has 1 rings (SSSR count). The van der Waals surface area contributed by atoms with Crippen LogP contribution in [0, 0.1) is 0 Å². The van der Waals surface area contributed by atoms with Crippen LogP contribution in [0.5, 0.6) is 0 Å². The van der Waals surface area contributed by atoms with Gasteiger partial charge in [-0.05, 0) is 26.3 Å². The fraction of sp³-hybridized carbons (Fsp3) is 0.538. The molecule has 3 heteroatoms. The zero-order valence-electron chi connectivity index (χ0n) is 10.1. The van der Waals surface area contributed by atoms with Crippen molar-refractivity contribution in [3.8, 4) is 0 Å². The maximum Gasteiger partial charge on any atom is 0.0914 e. The first-order valence-corrected chi connectivity index (χ1v) is 5.60. The number of aliphatic hydroxyl groups is 2. The van der Waals surface area contributed by atoms with Crippen LogP contribution in [0.3, 0.4) is 0 Å². The van der Waals surface area contributed by atoms with E-state index >= 15 is 0 Å². The third-order valence-corrected chi connectivity index (χ3v) is 2.86. The van der Waals surface area contributed by atoms with Gasteiger partial charge in [0.1, 0.15) is 0 Å². The van der Waals surface area contributed by atoms with Gasteiger partial charge in [-0.25, -0.2) is 0 Å². The summed E-state index contributed by atoms with van der Waals surface area (Å²) in [5.74, 6) is 0. The molecule has 0 aliphatic heterocycles. The summed E-state index contributed by atoms with van der Waals surface area (Å²) < 4.78 is 0. The Labute approximate surface area is 97.1 Å². The Hall–Kier alpha value is -0.900. The van der Waals surface area contributed by atoms with Gasteiger partial charge in [-0.15, -0.1) is 0 Å². The molecule has 2 unspecified atom stereocenters. The van der Waals surface area contributed by atoms with Crippen molar-refractivity contribution in [3.05, 3.63) is 35.9 Å². The molecule has 0 amide bonds. The van der Waals surface area contributed by atoms with E-state index < -0.39 is 11.7 Å². The lowest BCUT2D eigenvalue weighted by Crippen LogP contribution is -2.45. The minimum absolute atomic E-state index is 0.0640.